The van der Waals surface area contributed by atoms with Crippen molar-refractivity contribution in [2.75, 3.05) is 0 Å². The van der Waals surface area contributed by atoms with Gasteiger partial charge in [0.2, 0.25) is 0 Å². The average Bonchev–Trinajstić information content (AvgIpc) is 4.01. The minimum absolute atomic E-state index is 1.14. The third kappa shape index (κ3) is 7.69. The predicted octanol–water partition coefficient (Wildman–Crippen LogP) is 19.5. The quantitative estimate of drug-likeness (QED) is 0.136. The molecule has 0 radical (unpaired) electrons. The molecule has 0 saturated carbocycles. The lowest BCUT2D eigenvalue weighted by atomic mass is 9.95. The second-order valence-corrected chi connectivity index (χ2v) is 19.3. The summed E-state index contributed by atoms with van der Waals surface area (Å²) in [6, 6.07) is 106. The van der Waals surface area contributed by atoms with Gasteiger partial charge in [-0.15, -0.1) is 0 Å². The van der Waals surface area contributed by atoms with Gasteiger partial charge in [0.05, 0.1) is 22.1 Å². The summed E-state index contributed by atoms with van der Waals surface area (Å²) in [5, 5.41) is 4.97. The summed E-state index contributed by atoms with van der Waals surface area (Å²) in [5.41, 5.74) is 24.0. The van der Waals surface area contributed by atoms with Crippen LogP contribution in [0.15, 0.2) is 291 Å². The van der Waals surface area contributed by atoms with E-state index in [2.05, 4.69) is 300 Å². The Morgan fingerprint density at radius 1 is 0.149 bits per heavy atom. The number of para-hydroxylation sites is 2. The van der Waals surface area contributed by atoms with Gasteiger partial charge in [-0.2, -0.15) is 0 Å². The maximum atomic E-state index is 2.42. The van der Waals surface area contributed by atoms with E-state index in [9.17, 15) is 0 Å². The Labute approximate surface area is 431 Å². The number of aromatic nitrogens is 2. The maximum Gasteiger partial charge on any atom is 0.0541 e. The molecule has 0 aliphatic rings. The third-order valence-electron chi connectivity index (χ3n) is 15.0. The summed E-state index contributed by atoms with van der Waals surface area (Å²) in [4.78, 5) is 0. The van der Waals surface area contributed by atoms with Gasteiger partial charge < -0.3 is 9.13 Å². The molecule has 0 fully saturated rings. The van der Waals surface area contributed by atoms with Gasteiger partial charge >= 0.3 is 0 Å². The highest BCUT2D eigenvalue weighted by Gasteiger charge is 2.17. The molecular formula is C72H48N2. The molecule has 2 heterocycles. The Bertz CT molecular complexity index is 4370. The monoisotopic (exact) mass is 940 g/mol. The molecule has 14 aromatic rings. The van der Waals surface area contributed by atoms with Gasteiger partial charge in [-0.1, -0.05) is 218 Å². The first kappa shape index (κ1) is 43.1. The van der Waals surface area contributed by atoms with Crippen LogP contribution in [0.2, 0.25) is 0 Å². The smallest absolute Gasteiger partial charge is 0.0541 e. The topological polar surface area (TPSA) is 9.86 Å². The Kier molecular flexibility index (Phi) is 10.6. The van der Waals surface area contributed by atoms with Crippen molar-refractivity contribution in [2.45, 2.75) is 0 Å². The Morgan fingerprint density at radius 3 is 0.905 bits per heavy atom. The zero-order valence-electron chi connectivity index (χ0n) is 40.6. The van der Waals surface area contributed by atoms with Gasteiger partial charge in [-0.25, -0.2) is 0 Å². The fourth-order valence-electron chi connectivity index (χ4n) is 11.2. The largest absolute Gasteiger partial charge is 0.309 e. The van der Waals surface area contributed by atoms with Gasteiger partial charge in [-0.05, 0) is 151 Å². The molecule has 2 heteroatoms. The van der Waals surface area contributed by atoms with E-state index in [0.29, 0.717) is 0 Å². The van der Waals surface area contributed by atoms with Crippen molar-refractivity contribution in [1.82, 2.24) is 9.13 Å². The highest BCUT2D eigenvalue weighted by Crippen LogP contribution is 2.40. The summed E-state index contributed by atoms with van der Waals surface area (Å²) in [6.45, 7) is 0. The van der Waals surface area contributed by atoms with E-state index in [1.54, 1.807) is 0 Å². The molecule has 0 saturated heterocycles. The predicted molar refractivity (Wildman–Crippen MR) is 313 cm³/mol. The lowest BCUT2D eigenvalue weighted by molar-refractivity contribution is 1.18. The Morgan fingerprint density at radius 2 is 0.432 bits per heavy atom. The first-order valence-electron chi connectivity index (χ1n) is 25.5. The van der Waals surface area contributed by atoms with Crippen molar-refractivity contribution >= 4 is 43.6 Å². The molecule has 0 aliphatic carbocycles. The van der Waals surface area contributed by atoms with Crippen LogP contribution in [-0.2, 0) is 0 Å². The number of rotatable bonds is 9. The molecular weight excluding hydrogens is 893 g/mol. The summed E-state index contributed by atoms with van der Waals surface area (Å²) >= 11 is 0. The second kappa shape index (κ2) is 18.1. The molecule has 0 aliphatic heterocycles. The van der Waals surface area contributed by atoms with E-state index < -0.39 is 0 Å². The molecule has 74 heavy (non-hydrogen) atoms. The molecule has 0 spiro atoms. The van der Waals surface area contributed by atoms with Crippen LogP contribution in [0.1, 0.15) is 0 Å². The van der Waals surface area contributed by atoms with Crippen molar-refractivity contribution in [1.29, 1.82) is 0 Å². The second-order valence-electron chi connectivity index (χ2n) is 19.3. The SMILES string of the molecule is c1ccc(-c2ccc(-n3c4ccccc4c4cc(-c5ccc6c(c5)c5ccccc5n6-c5cccc(-c6ccc(-c7ccc(-c8cccc(-c9cccc(-c%10ccccc%10)c9)c8)cc7)cc6)c5)ccc43)cc2)cc1. The molecule has 2 aromatic heterocycles. The van der Waals surface area contributed by atoms with E-state index in [1.807, 2.05) is 0 Å². The van der Waals surface area contributed by atoms with Crippen LogP contribution < -0.4 is 0 Å². The average molecular weight is 941 g/mol. The van der Waals surface area contributed by atoms with Gasteiger partial charge in [0.1, 0.15) is 0 Å². The van der Waals surface area contributed by atoms with E-state index in [4.69, 9.17) is 0 Å². The van der Waals surface area contributed by atoms with Crippen molar-refractivity contribution in [3.8, 4) is 89.3 Å². The van der Waals surface area contributed by atoms with Crippen molar-refractivity contribution in [3.63, 3.8) is 0 Å². The molecule has 0 amide bonds. The molecule has 2 nitrogen and oxygen atoms in total. The highest BCUT2D eigenvalue weighted by atomic mass is 15.0. The minimum atomic E-state index is 1.14. The molecule has 14 rings (SSSR count). The number of hydrogen-bond donors (Lipinski definition) is 0. The summed E-state index contributed by atoms with van der Waals surface area (Å²) in [6.07, 6.45) is 0. The maximum absolute atomic E-state index is 2.42. The van der Waals surface area contributed by atoms with Crippen LogP contribution in [-0.4, -0.2) is 9.13 Å². The van der Waals surface area contributed by atoms with Gasteiger partial charge in [0.25, 0.3) is 0 Å². The van der Waals surface area contributed by atoms with Crippen molar-refractivity contribution in [3.05, 3.63) is 291 Å². The Hall–Kier alpha value is -9.76. The highest BCUT2D eigenvalue weighted by molar-refractivity contribution is 6.13. The van der Waals surface area contributed by atoms with Crippen molar-refractivity contribution < 1.29 is 0 Å². The summed E-state index contributed by atoms with van der Waals surface area (Å²) < 4.78 is 4.82. The number of benzene rings is 12. The van der Waals surface area contributed by atoms with Gasteiger partial charge in [0.15, 0.2) is 0 Å². The molecule has 0 N–H and O–H groups in total. The van der Waals surface area contributed by atoms with Gasteiger partial charge in [0, 0.05) is 32.9 Å². The lowest BCUT2D eigenvalue weighted by Gasteiger charge is -2.12. The van der Waals surface area contributed by atoms with E-state index in [1.165, 1.54) is 122 Å². The van der Waals surface area contributed by atoms with Crippen LogP contribution in [0, 0.1) is 0 Å². The fourth-order valence-corrected chi connectivity index (χ4v) is 11.2. The van der Waals surface area contributed by atoms with Crippen LogP contribution in [0.25, 0.3) is 133 Å². The summed E-state index contributed by atoms with van der Waals surface area (Å²) in [7, 11) is 0. The van der Waals surface area contributed by atoms with Gasteiger partial charge in [-0.3, -0.25) is 0 Å². The molecule has 0 bridgehead atoms. The number of nitrogens with zero attached hydrogens (tertiary/aromatic N) is 2. The molecule has 0 unspecified atom stereocenters. The summed E-state index contributed by atoms with van der Waals surface area (Å²) in [5.74, 6) is 0. The van der Waals surface area contributed by atoms with E-state index >= 15 is 0 Å². The van der Waals surface area contributed by atoms with Crippen LogP contribution in [0.3, 0.4) is 0 Å². The van der Waals surface area contributed by atoms with Crippen LogP contribution >= 0.6 is 0 Å². The van der Waals surface area contributed by atoms with Crippen LogP contribution in [0.4, 0.5) is 0 Å². The molecule has 12 aromatic carbocycles. The first-order valence-corrected chi connectivity index (χ1v) is 25.5. The Balaban J connectivity index is 0.743. The normalized spacial score (nSPS) is 11.5. The van der Waals surface area contributed by atoms with E-state index in [-0.39, 0.29) is 0 Å². The number of hydrogen-bond acceptors (Lipinski definition) is 0. The zero-order valence-corrected chi connectivity index (χ0v) is 40.6. The van der Waals surface area contributed by atoms with Crippen molar-refractivity contribution in [2.24, 2.45) is 0 Å². The standard InChI is InChI=1S/C72H48N2/c1-3-14-49(15-4-1)53-36-40-63(41-37-53)73-69-26-9-7-24-65(69)67-47-61(38-42-71(67)73)62-39-43-72-68(48-62)66-25-8-10-27-70(66)74(72)64-23-13-22-60(46-64)55-34-30-52(31-35-55)51-28-32-54(33-29-51)57-19-12-21-59(45-57)58-20-11-18-56(44-58)50-16-5-2-6-17-50/h1-48H. The van der Waals surface area contributed by atoms with E-state index in [0.717, 1.165) is 11.4 Å². The zero-order chi connectivity index (χ0) is 49.0. The minimum Gasteiger partial charge on any atom is -0.309 e. The third-order valence-corrected chi connectivity index (χ3v) is 15.0. The first-order chi connectivity index (χ1) is 36.7. The number of fused-ring (bicyclic) bond motifs is 6. The molecule has 0 atom stereocenters. The van der Waals surface area contributed by atoms with Crippen LogP contribution in [0.5, 0.6) is 0 Å². The fraction of sp³-hybridized carbons (Fsp3) is 0. The molecule has 346 valence electrons. The lowest BCUT2D eigenvalue weighted by Crippen LogP contribution is -1.94.